The van der Waals surface area contributed by atoms with Crippen molar-refractivity contribution in [3.63, 3.8) is 0 Å². The smallest absolute Gasteiger partial charge is 0.256 e. The molecule has 34 heavy (non-hydrogen) atoms. The summed E-state index contributed by atoms with van der Waals surface area (Å²) in [5.41, 5.74) is 6.57. The molecule has 4 heteroatoms. The highest BCUT2D eigenvalue weighted by Crippen LogP contribution is 2.36. The summed E-state index contributed by atoms with van der Waals surface area (Å²) in [5.74, 6) is 0.0905. The molecule has 1 aromatic heterocycles. The molecule has 168 valence electrons. The topological polar surface area (TPSA) is 37.3 Å². The average Bonchev–Trinajstić information content (AvgIpc) is 3.35. The number of anilines is 1. The summed E-state index contributed by atoms with van der Waals surface area (Å²) in [6, 6.07) is 33.4. The number of carbonyl (C=O) groups is 1. The Hall–Kier alpha value is -4.05. The molecule has 0 saturated heterocycles. The van der Waals surface area contributed by atoms with E-state index < -0.39 is 0 Å². The van der Waals surface area contributed by atoms with Gasteiger partial charge < -0.3 is 14.8 Å². The Balaban J connectivity index is 1.37. The normalized spacial score (nSPS) is 15.3. The molecular weight excluding hydrogens is 418 g/mol. The molecule has 1 amide bonds. The van der Waals surface area contributed by atoms with Gasteiger partial charge in [0.15, 0.2) is 0 Å². The van der Waals surface area contributed by atoms with Crippen molar-refractivity contribution >= 4 is 33.4 Å². The lowest BCUT2D eigenvalue weighted by Crippen LogP contribution is -2.34. The van der Waals surface area contributed by atoms with Gasteiger partial charge in [-0.1, -0.05) is 66.7 Å². The number of hydrogen-bond acceptors (Lipinski definition) is 2. The van der Waals surface area contributed by atoms with Crippen LogP contribution in [0.15, 0.2) is 97.1 Å². The van der Waals surface area contributed by atoms with Gasteiger partial charge in [-0.15, -0.1) is 0 Å². The van der Waals surface area contributed by atoms with Crippen molar-refractivity contribution in [3.05, 3.63) is 114 Å². The van der Waals surface area contributed by atoms with E-state index in [4.69, 9.17) is 0 Å². The highest BCUT2D eigenvalue weighted by Gasteiger charge is 2.36. The zero-order valence-corrected chi connectivity index (χ0v) is 19.2. The zero-order chi connectivity index (χ0) is 23.1. The number of fused-ring (bicyclic) bond motifs is 4. The number of para-hydroxylation sites is 1. The van der Waals surface area contributed by atoms with E-state index in [1.165, 1.54) is 27.4 Å². The van der Waals surface area contributed by atoms with Gasteiger partial charge in [0.05, 0.1) is 0 Å². The largest absolute Gasteiger partial charge is 0.361 e. The second-order valence-electron chi connectivity index (χ2n) is 8.86. The Morgan fingerprint density at radius 3 is 2.38 bits per heavy atom. The standard InChI is InChI=1S/C30H27N3O/c1-2-32-27-15-9-8-12-23(27)26-20-22(16-17-28(26)32)31-29-24-13-6-7-14-25(24)30(34)33(29)19-18-21-10-4-3-5-11-21/h3-17,20,29,31H,2,18-19H2,1H3/t29-/m1/s1. The number of hydrogen-bond donors (Lipinski definition) is 1. The molecule has 1 aliphatic heterocycles. The third-order valence-electron chi connectivity index (χ3n) is 6.93. The van der Waals surface area contributed by atoms with Gasteiger partial charge in [-0.2, -0.15) is 0 Å². The van der Waals surface area contributed by atoms with Crippen LogP contribution in [0.2, 0.25) is 0 Å². The molecule has 0 saturated carbocycles. The van der Waals surface area contributed by atoms with E-state index in [0.717, 1.165) is 29.8 Å². The molecule has 0 fully saturated rings. The van der Waals surface area contributed by atoms with Crippen LogP contribution in [0.4, 0.5) is 5.69 Å². The van der Waals surface area contributed by atoms with Gasteiger partial charge in [-0.3, -0.25) is 4.79 Å². The number of aromatic nitrogens is 1. The minimum atomic E-state index is -0.190. The summed E-state index contributed by atoms with van der Waals surface area (Å²) in [5, 5.41) is 6.18. The van der Waals surface area contributed by atoms with Crippen molar-refractivity contribution in [2.24, 2.45) is 0 Å². The number of aryl methyl sites for hydroxylation is 1. The molecular formula is C30H27N3O. The number of benzene rings is 4. The molecule has 0 radical (unpaired) electrons. The van der Waals surface area contributed by atoms with Gasteiger partial charge in [0.1, 0.15) is 6.17 Å². The van der Waals surface area contributed by atoms with E-state index in [1.54, 1.807) is 0 Å². The van der Waals surface area contributed by atoms with E-state index in [-0.39, 0.29) is 12.1 Å². The maximum Gasteiger partial charge on any atom is 0.256 e. The minimum absolute atomic E-state index is 0.0905. The highest BCUT2D eigenvalue weighted by atomic mass is 16.2. The Labute approximate surface area is 199 Å². The van der Waals surface area contributed by atoms with Crippen LogP contribution in [0.5, 0.6) is 0 Å². The predicted octanol–water partition coefficient (Wildman–Crippen LogP) is 6.62. The second kappa shape index (κ2) is 8.38. The fourth-order valence-electron chi connectivity index (χ4n) is 5.29. The van der Waals surface area contributed by atoms with Crippen molar-refractivity contribution < 1.29 is 4.79 Å². The molecule has 5 aromatic rings. The van der Waals surface area contributed by atoms with Gasteiger partial charge in [0.2, 0.25) is 0 Å². The van der Waals surface area contributed by atoms with Gasteiger partial charge in [0.25, 0.3) is 5.91 Å². The maximum absolute atomic E-state index is 13.3. The van der Waals surface area contributed by atoms with Crippen molar-refractivity contribution in [3.8, 4) is 0 Å². The first-order valence-electron chi connectivity index (χ1n) is 12.0. The summed E-state index contributed by atoms with van der Waals surface area (Å²) in [6.07, 6.45) is 0.631. The highest BCUT2D eigenvalue weighted by molar-refractivity contribution is 6.09. The van der Waals surface area contributed by atoms with Crippen molar-refractivity contribution in [2.45, 2.75) is 26.1 Å². The summed E-state index contributed by atoms with van der Waals surface area (Å²) in [6.45, 7) is 3.77. The van der Waals surface area contributed by atoms with E-state index in [9.17, 15) is 4.79 Å². The van der Waals surface area contributed by atoms with Crippen LogP contribution < -0.4 is 5.32 Å². The Morgan fingerprint density at radius 2 is 1.53 bits per heavy atom. The summed E-state index contributed by atoms with van der Waals surface area (Å²) in [7, 11) is 0. The molecule has 0 aliphatic carbocycles. The van der Waals surface area contributed by atoms with Crippen LogP contribution in [0.25, 0.3) is 21.8 Å². The number of nitrogens with one attached hydrogen (secondary N) is 1. The molecule has 1 N–H and O–H groups in total. The summed E-state index contributed by atoms with van der Waals surface area (Å²) in [4.78, 5) is 15.3. The molecule has 4 nitrogen and oxygen atoms in total. The van der Waals surface area contributed by atoms with Crippen LogP contribution in [0.1, 0.15) is 34.6 Å². The van der Waals surface area contributed by atoms with E-state index in [0.29, 0.717) is 6.54 Å². The maximum atomic E-state index is 13.3. The first kappa shape index (κ1) is 20.5. The molecule has 0 unspecified atom stereocenters. The number of carbonyl (C=O) groups excluding carboxylic acids is 1. The molecule has 6 rings (SSSR count). The first-order chi connectivity index (χ1) is 16.7. The van der Waals surface area contributed by atoms with Gasteiger partial charge >= 0.3 is 0 Å². The molecule has 4 aromatic carbocycles. The van der Waals surface area contributed by atoms with Crippen molar-refractivity contribution in [2.75, 3.05) is 11.9 Å². The quantitative estimate of drug-likeness (QED) is 0.319. The molecule has 0 spiro atoms. The molecule has 0 bridgehead atoms. The van der Waals surface area contributed by atoms with E-state index >= 15 is 0 Å². The minimum Gasteiger partial charge on any atom is -0.361 e. The monoisotopic (exact) mass is 445 g/mol. The second-order valence-corrected chi connectivity index (χ2v) is 8.86. The van der Waals surface area contributed by atoms with Crippen molar-refractivity contribution in [1.82, 2.24) is 9.47 Å². The Bertz CT molecular complexity index is 1500. The van der Waals surface area contributed by atoms with Crippen LogP contribution in [0.3, 0.4) is 0 Å². The molecule has 2 heterocycles. The number of nitrogens with zero attached hydrogens (tertiary/aromatic N) is 2. The molecule has 1 aliphatic rings. The first-order valence-corrected chi connectivity index (χ1v) is 12.0. The third-order valence-corrected chi connectivity index (χ3v) is 6.93. The van der Waals surface area contributed by atoms with Gasteiger partial charge in [-0.25, -0.2) is 0 Å². The SMILES string of the molecule is CCn1c2ccccc2c2cc(N[C@H]3c4ccccc4C(=O)N3CCc3ccccc3)ccc21. The number of rotatable bonds is 6. The lowest BCUT2D eigenvalue weighted by atomic mass is 10.1. The summed E-state index contributed by atoms with van der Waals surface area (Å²) >= 11 is 0. The van der Waals surface area contributed by atoms with Gasteiger partial charge in [-0.05, 0) is 49.2 Å². The lowest BCUT2D eigenvalue weighted by Gasteiger charge is -2.27. The third kappa shape index (κ3) is 3.34. The number of amides is 1. The van der Waals surface area contributed by atoms with E-state index in [1.807, 2.05) is 41.3 Å². The van der Waals surface area contributed by atoms with Crippen LogP contribution in [-0.2, 0) is 13.0 Å². The summed E-state index contributed by atoms with van der Waals surface area (Å²) < 4.78 is 2.36. The fourth-order valence-corrected chi connectivity index (χ4v) is 5.29. The lowest BCUT2D eigenvalue weighted by molar-refractivity contribution is 0.0745. The van der Waals surface area contributed by atoms with Crippen LogP contribution in [0, 0.1) is 0 Å². The van der Waals surface area contributed by atoms with Crippen molar-refractivity contribution in [1.29, 1.82) is 0 Å². The molecule has 1 atom stereocenters. The predicted molar refractivity (Wildman–Crippen MR) is 139 cm³/mol. The van der Waals surface area contributed by atoms with Crippen LogP contribution in [-0.4, -0.2) is 21.9 Å². The van der Waals surface area contributed by atoms with Gasteiger partial charge in [0, 0.05) is 51.7 Å². The average molecular weight is 446 g/mol. The van der Waals surface area contributed by atoms with Crippen LogP contribution >= 0.6 is 0 Å². The zero-order valence-electron chi connectivity index (χ0n) is 19.2. The fraction of sp³-hybridized carbons (Fsp3) is 0.167. The Morgan fingerprint density at radius 1 is 0.794 bits per heavy atom. The Kier molecular flexibility index (Phi) is 5.06. The van der Waals surface area contributed by atoms with E-state index in [2.05, 4.69) is 77.5 Å².